The standard InChI is InChI=1S/C17H10ClFN6/c18-16-14(4-3-7-21-16)11-8-12(19)10-13(9-11)25-23-17(22-24-25)15-5-1-2-6-20-15/h1-10H. The third-order valence-electron chi connectivity index (χ3n) is 3.49. The summed E-state index contributed by atoms with van der Waals surface area (Å²) in [6.07, 6.45) is 3.21. The lowest BCUT2D eigenvalue weighted by Crippen LogP contribution is -2.00. The predicted octanol–water partition coefficient (Wildman–Crippen LogP) is 3.58. The lowest BCUT2D eigenvalue weighted by Gasteiger charge is -2.06. The maximum absolute atomic E-state index is 14.1. The van der Waals surface area contributed by atoms with E-state index >= 15 is 0 Å². The summed E-state index contributed by atoms with van der Waals surface area (Å²) >= 11 is 6.10. The highest BCUT2D eigenvalue weighted by Gasteiger charge is 2.12. The number of hydrogen-bond acceptors (Lipinski definition) is 5. The average molecular weight is 353 g/mol. The van der Waals surface area contributed by atoms with E-state index in [1.54, 1.807) is 42.7 Å². The summed E-state index contributed by atoms with van der Waals surface area (Å²) in [6, 6.07) is 13.3. The van der Waals surface area contributed by atoms with E-state index < -0.39 is 5.82 Å². The minimum absolute atomic E-state index is 0.291. The molecule has 0 N–H and O–H groups in total. The summed E-state index contributed by atoms with van der Waals surface area (Å²) in [5.74, 6) is -0.0880. The first-order chi connectivity index (χ1) is 12.2. The van der Waals surface area contributed by atoms with Gasteiger partial charge in [-0.25, -0.2) is 9.37 Å². The van der Waals surface area contributed by atoms with Crippen molar-refractivity contribution in [2.45, 2.75) is 0 Å². The van der Waals surface area contributed by atoms with Crippen LogP contribution < -0.4 is 0 Å². The zero-order valence-electron chi connectivity index (χ0n) is 12.7. The Hall–Kier alpha value is -3.19. The number of benzene rings is 1. The normalized spacial score (nSPS) is 10.8. The molecule has 4 aromatic rings. The van der Waals surface area contributed by atoms with Crippen LogP contribution in [0.15, 0.2) is 60.9 Å². The second-order valence-electron chi connectivity index (χ2n) is 5.16. The molecule has 0 saturated carbocycles. The molecule has 0 aliphatic heterocycles. The van der Waals surface area contributed by atoms with Gasteiger partial charge in [-0.2, -0.15) is 0 Å². The lowest BCUT2D eigenvalue weighted by molar-refractivity contribution is 0.621. The van der Waals surface area contributed by atoms with Crippen LogP contribution in [0.2, 0.25) is 5.15 Å². The fourth-order valence-corrected chi connectivity index (χ4v) is 2.60. The number of nitrogens with zero attached hydrogens (tertiary/aromatic N) is 6. The molecule has 0 radical (unpaired) electrons. The third-order valence-corrected chi connectivity index (χ3v) is 3.79. The monoisotopic (exact) mass is 352 g/mol. The Labute approximate surface area is 146 Å². The molecule has 0 amide bonds. The van der Waals surface area contributed by atoms with Gasteiger partial charge in [0.2, 0.25) is 5.82 Å². The van der Waals surface area contributed by atoms with Gasteiger partial charge >= 0.3 is 0 Å². The SMILES string of the molecule is Fc1cc(-c2cccnc2Cl)cc(-n2nnc(-c3ccccn3)n2)c1. The highest BCUT2D eigenvalue weighted by atomic mass is 35.5. The van der Waals surface area contributed by atoms with Crippen molar-refractivity contribution >= 4 is 11.6 Å². The van der Waals surface area contributed by atoms with E-state index in [1.165, 1.54) is 16.9 Å². The van der Waals surface area contributed by atoms with Gasteiger partial charge in [-0.15, -0.1) is 15.0 Å². The smallest absolute Gasteiger partial charge is 0.223 e. The first-order valence-corrected chi connectivity index (χ1v) is 7.72. The van der Waals surface area contributed by atoms with Crippen molar-refractivity contribution in [2.24, 2.45) is 0 Å². The number of rotatable bonds is 3. The van der Waals surface area contributed by atoms with Gasteiger partial charge in [0.25, 0.3) is 0 Å². The van der Waals surface area contributed by atoms with E-state index in [1.807, 2.05) is 6.07 Å². The topological polar surface area (TPSA) is 69.4 Å². The van der Waals surface area contributed by atoms with Crippen LogP contribution in [0.25, 0.3) is 28.3 Å². The van der Waals surface area contributed by atoms with E-state index in [9.17, 15) is 4.39 Å². The van der Waals surface area contributed by atoms with Crippen LogP contribution in [0.5, 0.6) is 0 Å². The molecule has 3 heterocycles. The van der Waals surface area contributed by atoms with Crippen molar-refractivity contribution in [3.05, 3.63) is 71.9 Å². The number of tetrazole rings is 1. The van der Waals surface area contributed by atoms with Gasteiger partial charge in [0, 0.05) is 24.0 Å². The molecule has 25 heavy (non-hydrogen) atoms. The minimum atomic E-state index is -0.441. The molecule has 0 aliphatic rings. The van der Waals surface area contributed by atoms with Gasteiger partial charge in [0.05, 0.1) is 5.69 Å². The van der Waals surface area contributed by atoms with Gasteiger partial charge in [-0.05, 0) is 47.2 Å². The molecule has 1 aromatic carbocycles. The Morgan fingerprint density at radius 1 is 0.960 bits per heavy atom. The first kappa shape index (κ1) is 15.3. The molecule has 0 bridgehead atoms. The average Bonchev–Trinajstić information content (AvgIpc) is 3.12. The molecule has 0 aliphatic carbocycles. The second-order valence-corrected chi connectivity index (χ2v) is 5.52. The largest absolute Gasteiger partial charge is 0.253 e. The van der Waals surface area contributed by atoms with Crippen molar-refractivity contribution in [1.29, 1.82) is 0 Å². The zero-order chi connectivity index (χ0) is 17.2. The molecular formula is C17H10ClFN6. The van der Waals surface area contributed by atoms with Crippen molar-refractivity contribution in [1.82, 2.24) is 30.2 Å². The van der Waals surface area contributed by atoms with Gasteiger partial charge in [0.15, 0.2) is 0 Å². The van der Waals surface area contributed by atoms with E-state index in [-0.39, 0.29) is 0 Å². The van der Waals surface area contributed by atoms with Gasteiger partial charge in [0.1, 0.15) is 16.7 Å². The van der Waals surface area contributed by atoms with Gasteiger partial charge in [-0.1, -0.05) is 17.7 Å². The molecule has 0 atom stereocenters. The van der Waals surface area contributed by atoms with E-state index in [2.05, 4.69) is 25.4 Å². The predicted molar refractivity (Wildman–Crippen MR) is 90.6 cm³/mol. The van der Waals surface area contributed by atoms with Crippen LogP contribution in [0.1, 0.15) is 0 Å². The molecule has 0 spiro atoms. The molecule has 6 nitrogen and oxygen atoms in total. The van der Waals surface area contributed by atoms with E-state index in [4.69, 9.17) is 11.6 Å². The quantitative estimate of drug-likeness (QED) is 0.527. The number of hydrogen-bond donors (Lipinski definition) is 0. The van der Waals surface area contributed by atoms with Crippen LogP contribution in [0.3, 0.4) is 0 Å². The molecule has 0 saturated heterocycles. The van der Waals surface area contributed by atoms with Crippen LogP contribution in [-0.2, 0) is 0 Å². The zero-order valence-corrected chi connectivity index (χ0v) is 13.5. The molecule has 3 aromatic heterocycles. The molecule has 0 unspecified atom stereocenters. The molecular weight excluding hydrogens is 343 g/mol. The molecule has 8 heteroatoms. The summed E-state index contributed by atoms with van der Waals surface area (Å²) < 4.78 is 14.1. The fraction of sp³-hybridized carbons (Fsp3) is 0. The first-order valence-electron chi connectivity index (χ1n) is 7.34. The maximum Gasteiger partial charge on any atom is 0.223 e. The number of aromatic nitrogens is 6. The molecule has 4 rings (SSSR count). The van der Waals surface area contributed by atoms with Crippen LogP contribution in [-0.4, -0.2) is 30.2 Å². The van der Waals surface area contributed by atoms with Crippen molar-refractivity contribution in [3.8, 4) is 28.3 Å². The third kappa shape index (κ3) is 3.09. The van der Waals surface area contributed by atoms with Crippen molar-refractivity contribution < 1.29 is 4.39 Å². The highest BCUT2D eigenvalue weighted by molar-refractivity contribution is 6.32. The van der Waals surface area contributed by atoms with Gasteiger partial charge < -0.3 is 0 Å². The van der Waals surface area contributed by atoms with Crippen LogP contribution >= 0.6 is 11.6 Å². The number of pyridine rings is 2. The minimum Gasteiger partial charge on any atom is -0.253 e. The second kappa shape index (κ2) is 6.37. The Morgan fingerprint density at radius 2 is 1.84 bits per heavy atom. The van der Waals surface area contributed by atoms with Crippen LogP contribution in [0, 0.1) is 5.82 Å². The number of halogens is 2. The summed E-state index contributed by atoms with van der Waals surface area (Å²) in [6.45, 7) is 0. The van der Waals surface area contributed by atoms with E-state index in [0.29, 0.717) is 33.5 Å². The highest BCUT2D eigenvalue weighted by Crippen LogP contribution is 2.28. The Morgan fingerprint density at radius 3 is 2.64 bits per heavy atom. The lowest BCUT2D eigenvalue weighted by atomic mass is 10.1. The Kier molecular flexibility index (Phi) is 3.91. The summed E-state index contributed by atoms with van der Waals surface area (Å²) in [5.41, 5.74) is 2.20. The van der Waals surface area contributed by atoms with Crippen molar-refractivity contribution in [3.63, 3.8) is 0 Å². The van der Waals surface area contributed by atoms with Crippen molar-refractivity contribution in [2.75, 3.05) is 0 Å². The summed E-state index contributed by atoms with van der Waals surface area (Å²) in [4.78, 5) is 9.44. The van der Waals surface area contributed by atoms with Crippen LogP contribution in [0.4, 0.5) is 4.39 Å². The molecule has 0 fully saturated rings. The summed E-state index contributed by atoms with van der Waals surface area (Å²) in [7, 11) is 0. The van der Waals surface area contributed by atoms with E-state index in [0.717, 1.165) is 0 Å². The van der Waals surface area contributed by atoms with Gasteiger partial charge in [-0.3, -0.25) is 4.98 Å². The fourth-order valence-electron chi connectivity index (χ4n) is 2.37. The Balaban J connectivity index is 1.77. The molecule has 122 valence electrons. The maximum atomic E-state index is 14.1. The summed E-state index contributed by atoms with van der Waals surface area (Å²) in [5, 5.41) is 12.5. The Bertz CT molecular complexity index is 1030.